The zero-order chi connectivity index (χ0) is 26.9. The van der Waals surface area contributed by atoms with Crippen LogP contribution in [0, 0.1) is 11.8 Å². The smallest absolute Gasteiger partial charge is 0.328 e. The number of benzene rings is 2. The van der Waals surface area contributed by atoms with E-state index in [0.717, 1.165) is 16.7 Å². The topological polar surface area (TPSA) is 122 Å². The average molecular weight is 517 g/mol. The van der Waals surface area contributed by atoms with Gasteiger partial charge in [-0.2, -0.15) is 0 Å². The molecule has 0 fully saturated rings. The lowest BCUT2D eigenvalue weighted by Crippen LogP contribution is -2.44. The minimum absolute atomic E-state index is 0.176. The van der Waals surface area contributed by atoms with Crippen LogP contribution in [0.5, 0.6) is 0 Å². The SMILES string of the molecule is CCOC(=O)C(C)NC(=O)C(Cc1ccc(-c2ccccc2)cc1)CP(=O)(O)C(C)NC(=O)C(C)C. The molecule has 0 radical (unpaired) electrons. The summed E-state index contributed by atoms with van der Waals surface area (Å²) in [6.45, 7) is 8.20. The number of ether oxygens (including phenoxy) is 1. The lowest BCUT2D eigenvalue weighted by molar-refractivity contribution is -0.147. The summed E-state index contributed by atoms with van der Waals surface area (Å²) in [5.74, 6) is -3.73. The van der Waals surface area contributed by atoms with Crippen LogP contribution in [0.4, 0.5) is 0 Å². The predicted octanol–water partition coefficient (Wildman–Crippen LogP) is 3.97. The third-order valence-electron chi connectivity index (χ3n) is 5.88. The van der Waals surface area contributed by atoms with Gasteiger partial charge in [-0.15, -0.1) is 0 Å². The van der Waals surface area contributed by atoms with Gasteiger partial charge in [0, 0.05) is 12.1 Å². The molecule has 36 heavy (non-hydrogen) atoms. The molecule has 4 unspecified atom stereocenters. The van der Waals surface area contributed by atoms with Crippen molar-refractivity contribution in [3.8, 4) is 11.1 Å². The van der Waals surface area contributed by atoms with E-state index in [9.17, 15) is 23.8 Å². The fourth-order valence-electron chi connectivity index (χ4n) is 3.59. The minimum Gasteiger partial charge on any atom is -0.464 e. The quantitative estimate of drug-likeness (QED) is 0.290. The van der Waals surface area contributed by atoms with E-state index in [1.165, 1.54) is 13.8 Å². The summed E-state index contributed by atoms with van der Waals surface area (Å²) in [5, 5.41) is 5.18. The molecule has 4 atom stereocenters. The van der Waals surface area contributed by atoms with Gasteiger partial charge in [-0.3, -0.25) is 14.2 Å². The Kier molecular flexibility index (Phi) is 10.9. The van der Waals surface area contributed by atoms with Crippen LogP contribution in [0.25, 0.3) is 11.1 Å². The molecule has 0 heterocycles. The van der Waals surface area contributed by atoms with Gasteiger partial charge >= 0.3 is 5.97 Å². The first-order valence-corrected chi connectivity index (χ1v) is 14.1. The van der Waals surface area contributed by atoms with Gasteiger partial charge in [0.05, 0.1) is 12.5 Å². The maximum absolute atomic E-state index is 13.2. The van der Waals surface area contributed by atoms with Crippen LogP contribution in [0.1, 0.15) is 40.2 Å². The monoisotopic (exact) mass is 516 g/mol. The van der Waals surface area contributed by atoms with Gasteiger partial charge in [-0.1, -0.05) is 68.4 Å². The average Bonchev–Trinajstić information content (AvgIpc) is 2.84. The normalized spacial score (nSPS) is 15.3. The number of hydrogen-bond donors (Lipinski definition) is 3. The molecule has 0 aliphatic heterocycles. The van der Waals surface area contributed by atoms with Crippen molar-refractivity contribution in [1.82, 2.24) is 10.6 Å². The van der Waals surface area contributed by atoms with E-state index in [1.54, 1.807) is 20.8 Å². The number of carbonyl (C=O) groups is 3. The Balaban J connectivity index is 2.24. The molecular formula is C27H37N2O6P. The van der Waals surface area contributed by atoms with Crippen molar-refractivity contribution < 1.29 is 28.6 Å². The Hall–Kier alpha value is -2.96. The van der Waals surface area contributed by atoms with E-state index >= 15 is 0 Å². The van der Waals surface area contributed by atoms with Crippen LogP contribution in [0.15, 0.2) is 54.6 Å². The summed E-state index contributed by atoms with van der Waals surface area (Å²) < 4.78 is 18.2. The lowest BCUT2D eigenvalue weighted by Gasteiger charge is -2.26. The minimum atomic E-state index is -3.97. The highest BCUT2D eigenvalue weighted by Gasteiger charge is 2.35. The first kappa shape index (κ1) is 29.3. The van der Waals surface area contributed by atoms with Gasteiger partial charge in [0.1, 0.15) is 11.8 Å². The van der Waals surface area contributed by atoms with Crippen LogP contribution in [0.3, 0.4) is 0 Å². The molecule has 0 aliphatic rings. The number of carbonyl (C=O) groups excluding carboxylic acids is 3. The molecule has 196 valence electrons. The Morgan fingerprint density at radius 3 is 2.03 bits per heavy atom. The van der Waals surface area contributed by atoms with Crippen LogP contribution < -0.4 is 10.6 Å². The van der Waals surface area contributed by atoms with Crippen LogP contribution in [0.2, 0.25) is 0 Å². The fraction of sp³-hybridized carbons (Fsp3) is 0.444. The van der Waals surface area contributed by atoms with E-state index in [-0.39, 0.29) is 31.0 Å². The fourth-order valence-corrected chi connectivity index (χ4v) is 5.16. The second kappa shape index (κ2) is 13.4. The van der Waals surface area contributed by atoms with Crippen LogP contribution in [-0.2, 0) is 30.1 Å². The molecule has 0 aliphatic carbocycles. The maximum atomic E-state index is 13.2. The van der Waals surface area contributed by atoms with Crippen molar-refractivity contribution in [2.24, 2.45) is 11.8 Å². The lowest BCUT2D eigenvalue weighted by atomic mass is 9.97. The Labute approximate surface area is 213 Å². The summed E-state index contributed by atoms with van der Waals surface area (Å²) in [4.78, 5) is 48.0. The van der Waals surface area contributed by atoms with Crippen LogP contribution in [-0.4, -0.2) is 47.3 Å². The third-order valence-corrected chi connectivity index (χ3v) is 8.18. The van der Waals surface area contributed by atoms with Gasteiger partial charge in [0.15, 0.2) is 0 Å². The van der Waals surface area contributed by atoms with E-state index in [1.807, 2.05) is 54.6 Å². The second-order valence-electron chi connectivity index (χ2n) is 9.22. The van der Waals surface area contributed by atoms with Crippen molar-refractivity contribution in [3.05, 3.63) is 60.2 Å². The molecule has 0 saturated carbocycles. The molecule has 2 rings (SSSR count). The predicted molar refractivity (Wildman–Crippen MR) is 140 cm³/mol. The van der Waals surface area contributed by atoms with Gasteiger partial charge in [0.2, 0.25) is 19.2 Å². The molecule has 2 aromatic rings. The molecule has 8 nitrogen and oxygen atoms in total. The molecule has 0 spiro atoms. The van der Waals surface area contributed by atoms with Gasteiger partial charge in [-0.05, 0) is 43.9 Å². The number of nitrogens with one attached hydrogen (secondary N) is 2. The van der Waals surface area contributed by atoms with Crippen molar-refractivity contribution in [2.45, 2.75) is 52.9 Å². The summed E-state index contributed by atoms with van der Waals surface area (Å²) >= 11 is 0. The van der Waals surface area contributed by atoms with E-state index < -0.39 is 37.0 Å². The molecular weight excluding hydrogens is 479 g/mol. The number of hydrogen-bond acceptors (Lipinski definition) is 5. The molecule has 3 N–H and O–H groups in total. The van der Waals surface area contributed by atoms with Crippen molar-refractivity contribution >= 4 is 25.2 Å². The zero-order valence-corrected chi connectivity index (χ0v) is 22.5. The van der Waals surface area contributed by atoms with Crippen molar-refractivity contribution in [1.29, 1.82) is 0 Å². The van der Waals surface area contributed by atoms with Crippen LogP contribution >= 0.6 is 7.37 Å². The highest BCUT2D eigenvalue weighted by molar-refractivity contribution is 7.58. The Bertz CT molecular complexity index is 1070. The molecule has 0 saturated heterocycles. The summed E-state index contributed by atoms with van der Waals surface area (Å²) in [5.41, 5.74) is 2.86. The summed E-state index contributed by atoms with van der Waals surface area (Å²) in [6, 6.07) is 16.6. The van der Waals surface area contributed by atoms with Gasteiger partial charge in [0.25, 0.3) is 0 Å². The maximum Gasteiger partial charge on any atom is 0.328 e. The first-order chi connectivity index (χ1) is 16.9. The highest BCUT2D eigenvalue weighted by Crippen LogP contribution is 2.47. The Morgan fingerprint density at radius 1 is 0.889 bits per heavy atom. The van der Waals surface area contributed by atoms with E-state index in [2.05, 4.69) is 10.6 Å². The van der Waals surface area contributed by atoms with E-state index in [0.29, 0.717) is 0 Å². The number of esters is 1. The van der Waals surface area contributed by atoms with Crippen molar-refractivity contribution in [3.63, 3.8) is 0 Å². The second-order valence-corrected chi connectivity index (χ2v) is 11.9. The number of rotatable bonds is 12. The highest BCUT2D eigenvalue weighted by atomic mass is 31.2. The third kappa shape index (κ3) is 8.61. The molecule has 0 bridgehead atoms. The van der Waals surface area contributed by atoms with Gasteiger partial charge in [-0.25, -0.2) is 4.79 Å². The van der Waals surface area contributed by atoms with E-state index in [4.69, 9.17) is 4.74 Å². The van der Waals surface area contributed by atoms with Crippen molar-refractivity contribution in [2.75, 3.05) is 12.8 Å². The Morgan fingerprint density at radius 2 is 1.47 bits per heavy atom. The summed E-state index contributed by atoms with van der Waals surface area (Å²) in [6.07, 6.45) is -0.166. The first-order valence-electron chi connectivity index (χ1n) is 12.2. The standard InChI is InChI=1S/C27H37N2O6P/c1-6-35-27(32)19(4)28-26(31)24(17-36(33,34)20(5)29-25(30)18(2)3)16-21-12-14-23(15-13-21)22-10-8-7-9-11-22/h7-15,18-20,24H,6,16-17H2,1-5H3,(H,28,31)(H,29,30)(H,33,34). The number of amides is 2. The zero-order valence-electron chi connectivity index (χ0n) is 21.6. The molecule has 2 aromatic carbocycles. The van der Waals surface area contributed by atoms with Gasteiger partial charge < -0.3 is 20.3 Å². The molecule has 2 amide bonds. The molecule has 0 aromatic heterocycles. The summed E-state index contributed by atoms with van der Waals surface area (Å²) in [7, 11) is -3.97. The largest absolute Gasteiger partial charge is 0.464 e. The molecule has 9 heteroatoms.